The standard InChI is InChI=1S/C22H35N5O.HI/c1-4-24-22(26-15-21(9-12-28)13-18(2)3)25-14-19-5-7-20(8-6-19)16-27-11-10-23-17-27;/h5-8,10-11,17-18,21,28H,4,9,12-16H2,1-3H3,(H2,24,25,26);1H. The molecule has 29 heavy (non-hydrogen) atoms. The fourth-order valence-corrected chi connectivity index (χ4v) is 3.25. The maximum atomic E-state index is 9.29. The Morgan fingerprint density at radius 3 is 2.48 bits per heavy atom. The number of aliphatic imine (C=N–C) groups is 1. The van der Waals surface area contributed by atoms with Crippen molar-refractivity contribution in [3.05, 3.63) is 54.1 Å². The molecule has 1 aromatic heterocycles. The summed E-state index contributed by atoms with van der Waals surface area (Å²) in [5.41, 5.74) is 2.43. The molecule has 2 aromatic rings. The lowest BCUT2D eigenvalue weighted by molar-refractivity contribution is 0.243. The molecule has 0 aliphatic carbocycles. The molecule has 1 unspecified atom stereocenters. The van der Waals surface area contributed by atoms with Gasteiger partial charge in [-0.25, -0.2) is 9.98 Å². The molecule has 7 heteroatoms. The summed E-state index contributed by atoms with van der Waals surface area (Å²) in [7, 11) is 0. The van der Waals surface area contributed by atoms with Crippen molar-refractivity contribution in [2.45, 2.75) is 46.7 Å². The molecule has 0 spiro atoms. The Labute approximate surface area is 192 Å². The quantitative estimate of drug-likeness (QED) is 0.244. The van der Waals surface area contributed by atoms with E-state index in [1.807, 2.05) is 12.5 Å². The summed E-state index contributed by atoms with van der Waals surface area (Å²) in [6, 6.07) is 8.55. The van der Waals surface area contributed by atoms with Crippen LogP contribution in [0.1, 0.15) is 44.7 Å². The van der Waals surface area contributed by atoms with Gasteiger partial charge >= 0.3 is 0 Å². The highest BCUT2D eigenvalue weighted by molar-refractivity contribution is 14.0. The van der Waals surface area contributed by atoms with E-state index < -0.39 is 0 Å². The van der Waals surface area contributed by atoms with E-state index in [0.29, 0.717) is 18.4 Å². The lowest BCUT2D eigenvalue weighted by atomic mass is 9.94. The zero-order valence-electron chi connectivity index (χ0n) is 17.8. The first kappa shape index (κ1) is 25.4. The van der Waals surface area contributed by atoms with E-state index in [4.69, 9.17) is 4.99 Å². The molecule has 2 rings (SSSR count). The van der Waals surface area contributed by atoms with Crippen molar-refractivity contribution < 1.29 is 5.11 Å². The second-order valence-corrected chi connectivity index (χ2v) is 7.64. The van der Waals surface area contributed by atoms with E-state index in [0.717, 1.165) is 38.4 Å². The summed E-state index contributed by atoms with van der Waals surface area (Å²) in [6.07, 6.45) is 7.52. The van der Waals surface area contributed by atoms with Crippen LogP contribution >= 0.6 is 24.0 Å². The van der Waals surface area contributed by atoms with Gasteiger partial charge in [-0.1, -0.05) is 38.1 Å². The fraction of sp³-hybridized carbons (Fsp3) is 0.545. The van der Waals surface area contributed by atoms with Gasteiger partial charge in [0.1, 0.15) is 0 Å². The van der Waals surface area contributed by atoms with Gasteiger partial charge in [0.25, 0.3) is 0 Å². The Bertz CT molecular complexity index is 686. The maximum Gasteiger partial charge on any atom is 0.191 e. The summed E-state index contributed by atoms with van der Waals surface area (Å²) in [4.78, 5) is 8.79. The summed E-state index contributed by atoms with van der Waals surface area (Å²) in [6.45, 7) is 9.87. The van der Waals surface area contributed by atoms with Crippen LogP contribution in [0.2, 0.25) is 0 Å². The first-order valence-corrected chi connectivity index (χ1v) is 10.3. The average Bonchev–Trinajstić information content (AvgIpc) is 3.18. The fourth-order valence-electron chi connectivity index (χ4n) is 3.25. The smallest absolute Gasteiger partial charge is 0.191 e. The Morgan fingerprint density at radius 1 is 1.17 bits per heavy atom. The largest absolute Gasteiger partial charge is 0.396 e. The number of guanidine groups is 1. The Hall–Kier alpha value is -1.61. The number of aromatic nitrogens is 2. The third-order valence-corrected chi connectivity index (χ3v) is 4.61. The predicted molar refractivity (Wildman–Crippen MR) is 131 cm³/mol. The number of benzene rings is 1. The number of rotatable bonds is 11. The molecule has 162 valence electrons. The molecule has 0 aliphatic rings. The lowest BCUT2D eigenvalue weighted by Gasteiger charge is -2.20. The predicted octanol–water partition coefficient (Wildman–Crippen LogP) is 3.65. The summed E-state index contributed by atoms with van der Waals surface area (Å²) in [5, 5.41) is 16.0. The number of aliphatic hydroxyl groups is 1. The van der Waals surface area contributed by atoms with Crippen molar-refractivity contribution in [1.82, 2.24) is 20.2 Å². The SMILES string of the molecule is CCNC(=NCc1ccc(Cn2ccnc2)cc1)NCC(CCO)CC(C)C.I. The first-order chi connectivity index (χ1) is 13.6. The van der Waals surface area contributed by atoms with E-state index in [2.05, 4.69) is 65.2 Å². The molecule has 0 amide bonds. The van der Waals surface area contributed by atoms with Gasteiger partial charge in [0.15, 0.2) is 5.96 Å². The van der Waals surface area contributed by atoms with Gasteiger partial charge < -0.3 is 20.3 Å². The van der Waals surface area contributed by atoms with Gasteiger partial charge in [0, 0.05) is 38.6 Å². The molecule has 0 aliphatic heterocycles. The van der Waals surface area contributed by atoms with Gasteiger partial charge in [-0.05, 0) is 42.7 Å². The third kappa shape index (κ3) is 10.1. The molecule has 6 nitrogen and oxygen atoms in total. The van der Waals surface area contributed by atoms with Gasteiger partial charge in [-0.3, -0.25) is 0 Å². The van der Waals surface area contributed by atoms with E-state index in [9.17, 15) is 5.11 Å². The van der Waals surface area contributed by atoms with Gasteiger partial charge in [-0.15, -0.1) is 24.0 Å². The number of nitrogens with one attached hydrogen (secondary N) is 2. The summed E-state index contributed by atoms with van der Waals surface area (Å²) >= 11 is 0. The van der Waals surface area contributed by atoms with E-state index >= 15 is 0 Å². The van der Waals surface area contributed by atoms with Crippen LogP contribution in [0.5, 0.6) is 0 Å². The average molecular weight is 513 g/mol. The number of aliphatic hydroxyl groups excluding tert-OH is 1. The zero-order chi connectivity index (χ0) is 20.2. The number of hydrogen-bond donors (Lipinski definition) is 3. The second kappa shape index (κ2) is 14.4. The minimum atomic E-state index is 0. The van der Waals surface area contributed by atoms with Crippen molar-refractivity contribution in [3.63, 3.8) is 0 Å². The van der Waals surface area contributed by atoms with Crippen LogP contribution in [0.4, 0.5) is 0 Å². The maximum absolute atomic E-state index is 9.29. The minimum Gasteiger partial charge on any atom is -0.396 e. The van der Waals surface area contributed by atoms with Gasteiger partial charge in [0.05, 0.1) is 12.9 Å². The molecule has 0 saturated carbocycles. The summed E-state index contributed by atoms with van der Waals surface area (Å²) in [5.74, 6) is 1.91. The van der Waals surface area contributed by atoms with Crippen LogP contribution in [0, 0.1) is 11.8 Å². The Balaban J connectivity index is 0.00000420. The minimum absolute atomic E-state index is 0. The van der Waals surface area contributed by atoms with Crippen LogP contribution in [0.15, 0.2) is 48.0 Å². The number of nitrogens with zero attached hydrogens (tertiary/aromatic N) is 3. The van der Waals surface area contributed by atoms with Crippen LogP contribution in [0.3, 0.4) is 0 Å². The molecule has 1 aromatic carbocycles. The van der Waals surface area contributed by atoms with Gasteiger partial charge in [0.2, 0.25) is 0 Å². The van der Waals surface area contributed by atoms with E-state index in [-0.39, 0.29) is 30.6 Å². The molecular weight excluding hydrogens is 477 g/mol. The van der Waals surface area contributed by atoms with Crippen LogP contribution in [-0.4, -0.2) is 40.3 Å². The number of hydrogen-bond acceptors (Lipinski definition) is 3. The lowest BCUT2D eigenvalue weighted by Crippen LogP contribution is -2.40. The molecule has 0 saturated heterocycles. The highest BCUT2D eigenvalue weighted by Crippen LogP contribution is 2.14. The topological polar surface area (TPSA) is 74.5 Å². The Kier molecular flexibility index (Phi) is 12.6. The van der Waals surface area contributed by atoms with Crippen molar-refractivity contribution in [2.75, 3.05) is 19.7 Å². The molecule has 1 heterocycles. The van der Waals surface area contributed by atoms with Crippen molar-refractivity contribution in [3.8, 4) is 0 Å². The van der Waals surface area contributed by atoms with Gasteiger partial charge in [-0.2, -0.15) is 0 Å². The van der Waals surface area contributed by atoms with Crippen LogP contribution in [-0.2, 0) is 13.1 Å². The normalized spacial score (nSPS) is 12.5. The monoisotopic (exact) mass is 513 g/mol. The summed E-state index contributed by atoms with van der Waals surface area (Å²) < 4.78 is 2.06. The van der Waals surface area contributed by atoms with Crippen molar-refractivity contribution >= 4 is 29.9 Å². The molecule has 0 bridgehead atoms. The molecule has 0 radical (unpaired) electrons. The van der Waals surface area contributed by atoms with Crippen LogP contribution in [0.25, 0.3) is 0 Å². The Morgan fingerprint density at radius 2 is 1.90 bits per heavy atom. The second-order valence-electron chi connectivity index (χ2n) is 7.64. The number of halogens is 1. The molecular formula is C22H36IN5O. The van der Waals surface area contributed by atoms with E-state index in [1.54, 1.807) is 6.20 Å². The number of imidazole rings is 1. The highest BCUT2D eigenvalue weighted by Gasteiger charge is 2.11. The zero-order valence-corrected chi connectivity index (χ0v) is 20.2. The molecule has 1 atom stereocenters. The van der Waals surface area contributed by atoms with E-state index in [1.165, 1.54) is 11.1 Å². The third-order valence-electron chi connectivity index (χ3n) is 4.61. The molecule has 0 fully saturated rings. The van der Waals surface area contributed by atoms with Crippen molar-refractivity contribution in [1.29, 1.82) is 0 Å². The van der Waals surface area contributed by atoms with Crippen molar-refractivity contribution in [2.24, 2.45) is 16.8 Å². The first-order valence-electron chi connectivity index (χ1n) is 10.3. The van der Waals surface area contributed by atoms with Crippen LogP contribution < -0.4 is 10.6 Å². The highest BCUT2D eigenvalue weighted by atomic mass is 127. The molecule has 3 N–H and O–H groups in total.